The Bertz CT molecular complexity index is 1330. The molecule has 0 saturated carbocycles. The number of hydrogen-bond donors (Lipinski definition) is 1. The van der Waals surface area contributed by atoms with Crippen LogP contribution in [0.3, 0.4) is 0 Å². The summed E-state index contributed by atoms with van der Waals surface area (Å²) in [6.45, 7) is 12.8. The molecule has 2 aromatic rings. The van der Waals surface area contributed by atoms with E-state index in [9.17, 15) is 17.6 Å². The quantitative estimate of drug-likeness (QED) is 0.448. The van der Waals surface area contributed by atoms with Crippen LogP contribution in [0, 0.1) is 5.82 Å². The number of carbonyl (C=O) groups excluding carboxylic acids is 1. The number of ether oxygens (including phenoxy) is 2. The first-order chi connectivity index (χ1) is 17.9. The van der Waals surface area contributed by atoms with Gasteiger partial charge in [-0.25, -0.2) is 17.6 Å². The Balaban J connectivity index is 1.72. The molecular weight excluding hydrogens is 509 g/mol. The normalized spacial score (nSPS) is 17.0. The molecular formula is C28H36FN3O5S. The highest BCUT2D eigenvalue weighted by Crippen LogP contribution is 2.45. The predicted octanol–water partition coefficient (Wildman–Crippen LogP) is 4.91. The van der Waals surface area contributed by atoms with Gasteiger partial charge in [-0.05, 0) is 76.2 Å². The highest BCUT2D eigenvalue weighted by molar-refractivity contribution is 7.92. The van der Waals surface area contributed by atoms with E-state index < -0.39 is 27.4 Å². The van der Waals surface area contributed by atoms with Gasteiger partial charge in [0.15, 0.2) is 5.75 Å². The molecule has 0 spiro atoms. The number of halogens is 1. The van der Waals surface area contributed by atoms with Crippen molar-refractivity contribution < 1.29 is 27.1 Å². The fraction of sp³-hybridized carbons (Fsp3) is 0.464. The monoisotopic (exact) mass is 545 g/mol. The molecule has 4 rings (SSSR count). The van der Waals surface area contributed by atoms with Crippen LogP contribution < -0.4 is 14.4 Å². The topological polar surface area (TPSA) is 88.2 Å². The van der Waals surface area contributed by atoms with Gasteiger partial charge in [-0.15, -0.1) is 0 Å². The van der Waals surface area contributed by atoms with Crippen LogP contribution in [0.25, 0.3) is 6.08 Å². The largest absolute Gasteiger partial charge is 0.488 e. The third-order valence-corrected chi connectivity index (χ3v) is 8.11. The zero-order chi connectivity index (χ0) is 27.7. The lowest BCUT2D eigenvalue weighted by Gasteiger charge is -2.47. The molecule has 8 nitrogen and oxygen atoms in total. The van der Waals surface area contributed by atoms with E-state index >= 15 is 0 Å². The molecule has 0 bridgehead atoms. The molecule has 38 heavy (non-hydrogen) atoms. The van der Waals surface area contributed by atoms with Gasteiger partial charge in [0.05, 0.1) is 22.3 Å². The molecule has 1 N–H and O–H groups in total. The number of likely N-dealkylation sites (N-methyl/N-ethyl adjacent to an activating group) is 1. The highest BCUT2D eigenvalue weighted by atomic mass is 32.2. The van der Waals surface area contributed by atoms with Crippen molar-refractivity contribution in [3.8, 4) is 5.75 Å². The fourth-order valence-corrected chi connectivity index (χ4v) is 5.83. The third-order valence-electron chi connectivity index (χ3n) is 6.67. The highest BCUT2D eigenvalue weighted by Gasteiger charge is 2.39. The summed E-state index contributed by atoms with van der Waals surface area (Å²) in [6, 6.07) is 7.05. The van der Waals surface area contributed by atoms with Crippen molar-refractivity contribution in [2.75, 3.05) is 42.4 Å². The second-order valence-electron chi connectivity index (χ2n) is 10.5. The van der Waals surface area contributed by atoms with Gasteiger partial charge in [-0.3, -0.25) is 4.72 Å². The number of nitrogens with one attached hydrogen (secondary N) is 1. The molecule has 206 valence electrons. The lowest BCUT2D eigenvalue weighted by atomic mass is 9.98. The minimum Gasteiger partial charge on any atom is -0.488 e. The van der Waals surface area contributed by atoms with Crippen LogP contribution in [-0.2, 0) is 14.8 Å². The predicted molar refractivity (Wildman–Crippen MR) is 147 cm³/mol. The van der Waals surface area contributed by atoms with Crippen molar-refractivity contribution in [1.82, 2.24) is 4.90 Å². The van der Waals surface area contributed by atoms with E-state index in [0.29, 0.717) is 18.9 Å². The number of anilines is 2. The Labute approximate surface area is 224 Å². The number of esters is 1. The van der Waals surface area contributed by atoms with Crippen molar-refractivity contribution >= 4 is 33.4 Å². The van der Waals surface area contributed by atoms with E-state index in [4.69, 9.17) is 9.47 Å². The van der Waals surface area contributed by atoms with Crippen LogP contribution in [0.2, 0.25) is 0 Å². The average Bonchev–Trinajstić information content (AvgIpc) is 2.80. The van der Waals surface area contributed by atoms with Crippen LogP contribution >= 0.6 is 0 Å². The third kappa shape index (κ3) is 5.96. The molecule has 10 heteroatoms. The summed E-state index contributed by atoms with van der Waals surface area (Å²) >= 11 is 0. The Morgan fingerprint density at radius 3 is 2.61 bits per heavy atom. The number of hydrogen-bond acceptors (Lipinski definition) is 7. The van der Waals surface area contributed by atoms with Crippen LogP contribution in [0.1, 0.15) is 57.0 Å². The minimum atomic E-state index is -4.22. The summed E-state index contributed by atoms with van der Waals surface area (Å²) in [6.07, 6.45) is 4.40. The van der Waals surface area contributed by atoms with Gasteiger partial charge in [0.25, 0.3) is 10.0 Å². The van der Waals surface area contributed by atoms with Crippen molar-refractivity contribution in [2.24, 2.45) is 0 Å². The van der Waals surface area contributed by atoms with E-state index in [1.165, 1.54) is 12.1 Å². The van der Waals surface area contributed by atoms with Crippen molar-refractivity contribution in [1.29, 1.82) is 0 Å². The second-order valence-corrected chi connectivity index (χ2v) is 12.1. The van der Waals surface area contributed by atoms with E-state index in [1.54, 1.807) is 39.0 Å². The molecule has 0 radical (unpaired) electrons. The minimum absolute atomic E-state index is 0.0205. The molecule has 2 aliphatic heterocycles. The number of rotatable bonds is 9. The van der Waals surface area contributed by atoms with Crippen molar-refractivity contribution in [2.45, 2.75) is 57.6 Å². The van der Waals surface area contributed by atoms with Gasteiger partial charge in [-0.2, -0.15) is 0 Å². The molecule has 2 aromatic carbocycles. The van der Waals surface area contributed by atoms with Gasteiger partial charge in [0.1, 0.15) is 23.6 Å². The van der Waals surface area contributed by atoms with E-state index in [2.05, 4.69) is 14.5 Å². The lowest BCUT2D eigenvalue weighted by molar-refractivity contribution is 0.00660. The molecule has 0 amide bonds. The number of benzene rings is 2. The summed E-state index contributed by atoms with van der Waals surface area (Å²) in [4.78, 5) is 17.5. The average molecular weight is 546 g/mol. The Hall–Kier alpha value is -3.11. The van der Waals surface area contributed by atoms with Crippen molar-refractivity contribution in [3.05, 3.63) is 53.4 Å². The lowest BCUT2D eigenvalue weighted by Crippen LogP contribution is -2.53. The summed E-state index contributed by atoms with van der Waals surface area (Å²) in [5.41, 5.74) is 0.203. The van der Waals surface area contributed by atoms with Crippen LogP contribution in [0.15, 0.2) is 41.3 Å². The summed E-state index contributed by atoms with van der Waals surface area (Å²) in [5, 5.41) is 0. The maximum Gasteiger partial charge on any atom is 0.344 e. The zero-order valence-corrected chi connectivity index (χ0v) is 23.4. The molecule has 1 fully saturated rings. The van der Waals surface area contributed by atoms with Crippen molar-refractivity contribution in [3.63, 3.8) is 0 Å². The van der Waals surface area contributed by atoms with E-state index in [-0.39, 0.29) is 27.8 Å². The maximum absolute atomic E-state index is 14.1. The SMILES string of the molecule is CCN(CC)C/C=C\c1cc(F)ccc1S(=O)(=O)Nc1ccc2c(c1C(=O)OC(C)(C)C)OC[C@H]1CCN21. The molecule has 1 atom stereocenters. The van der Waals surface area contributed by atoms with Gasteiger partial charge >= 0.3 is 5.97 Å². The van der Waals surface area contributed by atoms with Gasteiger partial charge < -0.3 is 19.3 Å². The second kappa shape index (κ2) is 10.9. The van der Waals surface area contributed by atoms with Crippen LogP contribution in [-0.4, -0.2) is 63.7 Å². The Morgan fingerprint density at radius 1 is 1.24 bits per heavy atom. The first-order valence-electron chi connectivity index (χ1n) is 12.9. The number of nitrogens with zero attached hydrogens (tertiary/aromatic N) is 2. The van der Waals surface area contributed by atoms with E-state index in [1.807, 2.05) is 19.9 Å². The Morgan fingerprint density at radius 2 is 1.97 bits per heavy atom. The molecule has 2 aliphatic rings. The number of fused-ring (bicyclic) bond motifs is 3. The Kier molecular flexibility index (Phi) is 8.04. The summed E-state index contributed by atoms with van der Waals surface area (Å²) < 4.78 is 55.5. The van der Waals surface area contributed by atoms with Crippen LogP contribution in [0.5, 0.6) is 5.75 Å². The zero-order valence-electron chi connectivity index (χ0n) is 22.6. The smallest absolute Gasteiger partial charge is 0.344 e. The molecule has 0 unspecified atom stereocenters. The first kappa shape index (κ1) is 27.9. The summed E-state index contributed by atoms with van der Waals surface area (Å²) in [7, 11) is -4.22. The van der Waals surface area contributed by atoms with Gasteiger partial charge in [0.2, 0.25) is 0 Å². The summed E-state index contributed by atoms with van der Waals surface area (Å²) in [5.74, 6) is -0.939. The molecule has 0 aliphatic carbocycles. The van der Waals surface area contributed by atoms with Crippen LogP contribution in [0.4, 0.5) is 15.8 Å². The first-order valence-corrected chi connectivity index (χ1v) is 14.4. The standard InChI is InChI=1S/C28H36FN3O5S/c1-6-31(7-2)15-8-9-19-17-20(29)10-13-24(19)38(34,35)30-22-11-12-23-26(36-18-21-14-16-32(21)23)25(22)27(33)37-28(3,4)5/h8-13,17,21,30H,6-7,14-16,18H2,1-5H3/b9-8-/t21-/m1/s1. The van der Waals surface area contributed by atoms with E-state index in [0.717, 1.165) is 37.8 Å². The number of sulfonamides is 1. The molecule has 1 saturated heterocycles. The fourth-order valence-electron chi connectivity index (χ4n) is 4.58. The molecule has 2 heterocycles. The molecule has 0 aromatic heterocycles. The van der Waals surface area contributed by atoms with Gasteiger partial charge in [0, 0.05) is 13.1 Å². The number of carbonyl (C=O) groups is 1. The maximum atomic E-state index is 14.1. The van der Waals surface area contributed by atoms with Gasteiger partial charge in [-0.1, -0.05) is 26.0 Å².